The first-order chi connectivity index (χ1) is 6.27. The SMILES string of the molecule is O=[N+]([O-])c1cnn([C]2CCCC2)c1. The first kappa shape index (κ1) is 8.22. The van der Waals surface area contributed by atoms with Crippen LogP contribution >= 0.6 is 0 Å². The summed E-state index contributed by atoms with van der Waals surface area (Å²) in [4.78, 5) is 9.95. The van der Waals surface area contributed by atoms with E-state index in [1.165, 1.54) is 31.3 Å². The molecule has 0 spiro atoms. The fourth-order valence-electron chi connectivity index (χ4n) is 1.59. The second-order valence-electron chi connectivity index (χ2n) is 3.17. The van der Waals surface area contributed by atoms with Gasteiger partial charge in [0.2, 0.25) is 0 Å². The van der Waals surface area contributed by atoms with Gasteiger partial charge in [0.15, 0.2) is 0 Å². The lowest BCUT2D eigenvalue weighted by atomic mass is 10.3. The van der Waals surface area contributed by atoms with Crippen molar-refractivity contribution in [2.75, 3.05) is 0 Å². The van der Waals surface area contributed by atoms with Gasteiger partial charge in [-0.1, -0.05) is 12.8 Å². The van der Waals surface area contributed by atoms with Crippen LogP contribution in [-0.4, -0.2) is 14.7 Å². The molecule has 1 aromatic rings. The monoisotopic (exact) mass is 180 g/mol. The lowest BCUT2D eigenvalue weighted by Crippen LogP contribution is -2.05. The Kier molecular flexibility index (Phi) is 2.00. The zero-order chi connectivity index (χ0) is 9.26. The summed E-state index contributed by atoms with van der Waals surface area (Å²) in [6.45, 7) is 0. The predicted octanol–water partition coefficient (Wildman–Crippen LogP) is 1.75. The van der Waals surface area contributed by atoms with E-state index < -0.39 is 4.92 Å². The summed E-state index contributed by atoms with van der Waals surface area (Å²) < 4.78 is 1.64. The second-order valence-corrected chi connectivity index (χ2v) is 3.17. The molecule has 0 aliphatic heterocycles. The number of hydrogen-bond donors (Lipinski definition) is 0. The lowest BCUT2D eigenvalue weighted by molar-refractivity contribution is -0.384. The van der Waals surface area contributed by atoms with Crippen LogP contribution in [0, 0.1) is 16.2 Å². The standard InChI is InChI=1S/C8H10N3O2/c12-11(13)8-5-9-10(6-8)7-3-1-2-4-7/h5-6H,1-4H2. The summed E-state index contributed by atoms with van der Waals surface area (Å²) in [7, 11) is 0. The van der Waals surface area contributed by atoms with Gasteiger partial charge in [0.25, 0.3) is 0 Å². The number of hydrogen-bond acceptors (Lipinski definition) is 3. The van der Waals surface area contributed by atoms with Crippen LogP contribution in [0.2, 0.25) is 0 Å². The summed E-state index contributed by atoms with van der Waals surface area (Å²) >= 11 is 0. The van der Waals surface area contributed by atoms with Crippen LogP contribution in [0.15, 0.2) is 12.4 Å². The van der Waals surface area contributed by atoms with Gasteiger partial charge in [-0.15, -0.1) is 0 Å². The van der Waals surface area contributed by atoms with E-state index in [0.29, 0.717) is 0 Å². The van der Waals surface area contributed by atoms with Crippen molar-refractivity contribution < 1.29 is 4.92 Å². The van der Waals surface area contributed by atoms with Crippen LogP contribution in [0.25, 0.3) is 0 Å². The van der Waals surface area contributed by atoms with Crippen molar-refractivity contribution in [3.63, 3.8) is 0 Å². The Bertz CT molecular complexity index is 315. The van der Waals surface area contributed by atoms with Crippen molar-refractivity contribution in [3.8, 4) is 0 Å². The van der Waals surface area contributed by atoms with Crippen molar-refractivity contribution in [2.45, 2.75) is 25.7 Å². The van der Waals surface area contributed by atoms with Crippen LogP contribution < -0.4 is 0 Å². The van der Waals surface area contributed by atoms with Crippen LogP contribution in [-0.2, 0) is 0 Å². The third-order valence-electron chi connectivity index (χ3n) is 2.28. The third kappa shape index (κ3) is 1.54. The molecule has 1 radical (unpaired) electrons. The zero-order valence-electron chi connectivity index (χ0n) is 7.14. The number of nitro groups is 1. The molecule has 0 aromatic carbocycles. The van der Waals surface area contributed by atoms with E-state index in [0.717, 1.165) is 12.8 Å². The van der Waals surface area contributed by atoms with Crippen molar-refractivity contribution in [1.82, 2.24) is 9.78 Å². The average molecular weight is 180 g/mol. The maximum atomic E-state index is 10.4. The number of rotatable bonds is 2. The van der Waals surface area contributed by atoms with Crippen molar-refractivity contribution in [1.29, 1.82) is 0 Å². The second kappa shape index (κ2) is 3.16. The zero-order valence-corrected chi connectivity index (χ0v) is 7.14. The molecular formula is C8H10N3O2. The van der Waals surface area contributed by atoms with Gasteiger partial charge in [-0.05, 0) is 12.8 Å². The number of aromatic nitrogens is 2. The summed E-state index contributed by atoms with van der Waals surface area (Å²) in [5.74, 6) is 0. The summed E-state index contributed by atoms with van der Waals surface area (Å²) in [5.41, 5.74) is 0.0689. The predicted molar refractivity (Wildman–Crippen MR) is 46.0 cm³/mol. The maximum absolute atomic E-state index is 10.4. The molecule has 1 aliphatic rings. The normalized spacial score (nSPS) is 17.8. The van der Waals surface area contributed by atoms with Gasteiger partial charge >= 0.3 is 5.69 Å². The highest BCUT2D eigenvalue weighted by atomic mass is 16.6. The van der Waals surface area contributed by atoms with Crippen LogP contribution in [0.1, 0.15) is 25.7 Å². The third-order valence-corrected chi connectivity index (χ3v) is 2.28. The van der Waals surface area contributed by atoms with Gasteiger partial charge in [0, 0.05) is 0 Å². The molecule has 1 aromatic heterocycles. The molecule has 69 valence electrons. The van der Waals surface area contributed by atoms with E-state index in [9.17, 15) is 10.1 Å². The van der Waals surface area contributed by atoms with Crippen LogP contribution in [0.5, 0.6) is 0 Å². The van der Waals surface area contributed by atoms with E-state index in [-0.39, 0.29) is 5.69 Å². The Morgan fingerprint density at radius 3 is 2.69 bits per heavy atom. The molecule has 13 heavy (non-hydrogen) atoms. The van der Waals surface area contributed by atoms with Crippen molar-refractivity contribution in [2.24, 2.45) is 0 Å². The van der Waals surface area contributed by atoms with Gasteiger partial charge < -0.3 is 0 Å². The van der Waals surface area contributed by atoms with E-state index in [1.54, 1.807) is 4.68 Å². The summed E-state index contributed by atoms with van der Waals surface area (Å²) in [5, 5.41) is 14.3. The average Bonchev–Trinajstić information content (AvgIpc) is 2.75. The van der Waals surface area contributed by atoms with Crippen molar-refractivity contribution >= 4 is 5.69 Å². The van der Waals surface area contributed by atoms with E-state index in [2.05, 4.69) is 5.10 Å². The summed E-state index contributed by atoms with van der Waals surface area (Å²) in [6.07, 6.45) is 7.15. The minimum Gasteiger partial charge on any atom is -0.258 e. The van der Waals surface area contributed by atoms with Gasteiger partial charge in [-0.25, -0.2) is 0 Å². The Morgan fingerprint density at radius 1 is 1.46 bits per heavy atom. The van der Waals surface area contributed by atoms with Crippen LogP contribution in [0.3, 0.4) is 0 Å². The Hall–Kier alpha value is -1.39. The molecule has 5 nitrogen and oxygen atoms in total. The topological polar surface area (TPSA) is 61.0 Å². The van der Waals surface area contributed by atoms with Gasteiger partial charge in [-0.2, -0.15) is 5.10 Å². The molecule has 0 bridgehead atoms. The smallest absolute Gasteiger partial charge is 0.258 e. The minimum absolute atomic E-state index is 0.0689. The molecule has 0 N–H and O–H groups in total. The summed E-state index contributed by atoms with van der Waals surface area (Å²) in [6, 6.07) is 1.19. The van der Waals surface area contributed by atoms with E-state index in [1.807, 2.05) is 0 Å². The number of nitrogens with zero attached hydrogens (tertiary/aromatic N) is 3. The van der Waals surface area contributed by atoms with E-state index >= 15 is 0 Å². The molecular weight excluding hydrogens is 170 g/mol. The first-order valence-corrected chi connectivity index (χ1v) is 4.31. The molecule has 0 amide bonds. The highest BCUT2D eigenvalue weighted by Gasteiger charge is 2.20. The Balaban J connectivity index is 2.16. The molecule has 1 heterocycles. The van der Waals surface area contributed by atoms with E-state index in [4.69, 9.17) is 0 Å². The first-order valence-electron chi connectivity index (χ1n) is 4.31. The molecule has 1 saturated carbocycles. The molecule has 0 saturated heterocycles. The maximum Gasteiger partial charge on any atom is 0.307 e. The molecule has 5 heteroatoms. The fourth-order valence-corrected chi connectivity index (χ4v) is 1.59. The van der Waals surface area contributed by atoms with Crippen LogP contribution in [0.4, 0.5) is 5.69 Å². The molecule has 0 atom stereocenters. The molecule has 1 aliphatic carbocycles. The van der Waals surface area contributed by atoms with Gasteiger partial charge in [0.1, 0.15) is 12.4 Å². The van der Waals surface area contributed by atoms with Gasteiger partial charge in [0.05, 0.1) is 11.0 Å². The highest BCUT2D eigenvalue weighted by Crippen LogP contribution is 2.28. The molecule has 2 rings (SSSR count). The molecule has 0 unspecified atom stereocenters. The Labute approximate surface area is 75.5 Å². The lowest BCUT2D eigenvalue weighted by Gasteiger charge is -2.05. The van der Waals surface area contributed by atoms with Crippen molar-refractivity contribution in [3.05, 3.63) is 28.5 Å². The molecule has 1 fully saturated rings. The van der Waals surface area contributed by atoms with Gasteiger partial charge in [-0.3, -0.25) is 14.8 Å². The largest absolute Gasteiger partial charge is 0.307 e. The Morgan fingerprint density at radius 2 is 2.15 bits per heavy atom. The fraction of sp³-hybridized carbons (Fsp3) is 0.500. The minimum atomic E-state index is -0.418. The quantitative estimate of drug-likeness (QED) is 0.514. The highest BCUT2D eigenvalue weighted by molar-refractivity contribution is 5.22.